The standard InChI is InChI=1S/C7H14N4O/c1-4(2)5(3)9-7-11-10-6(8)12-7/h4-5H,1-3H3,(H2,8,10)(H,9,11). The van der Waals surface area contributed by atoms with Gasteiger partial charge in [-0.05, 0) is 12.8 Å². The van der Waals surface area contributed by atoms with Gasteiger partial charge in [0.25, 0.3) is 0 Å². The van der Waals surface area contributed by atoms with Crippen LogP contribution in [0.15, 0.2) is 4.42 Å². The second-order valence-electron chi connectivity index (χ2n) is 3.12. The van der Waals surface area contributed by atoms with E-state index in [0.29, 0.717) is 18.0 Å². The predicted molar refractivity (Wildman–Crippen MR) is 46.6 cm³/mol. The molecular weight excluding hydrogens is 156 g/mol. The number of aromatic nitrogens is 2. The van der Waals surface area contributed by atoms with Crippen LogP contribution < -0.4 is 11.1 Å². The Morgan fingerprint density at radius 1 is 1.33 bits per heavy atom. The third kappa shape index (κ3) is 2.11. The van der Waals surface area contributed by atoms with E-state index in [2.05, 4.69) is 29.4 Å². The van der Waals surface area contributed by atoms with Gasteiger partial charge in [-0.1, -0.05) is 24.0 Å². The summed E-state index contributed by atoms with van der Waals surface area (Å²) < 4.78 is 4.95. The first-order chi connectivity index (χ1) is 5.59. The van der Waals surface area contributed by atoms with Gasteiger partial charge in [0.2, 0.25) is 0 Å². The van der Waals surface area contributed by atoms with Crippen LogP contribution >= 0.6 is 0 Å². The fourth-order valence-electron chi connectivity index (χ4n) is 0.654. The zero-order valence-electron chi connectivity index (χ0n) is 7.53. The van der Waals surface area contributed by atoms with Gasteiger partial charge in [0.1, 0.15) is 0 Å². The van der Waals surface area contributed by atoms with Gasteiger partial charge >= 0.3 is 12.0 Å². The normalized spacial score (nSPS) is 13.3. The fourth-order valence-corrected chi connectivity index (χ4v) is 0.654. The van der Waals surface area contributed by atoms with Gasteiger partial charge in [-0.15, -0.1) is 0 Å². The lowest BCUT2D eigenvalue weighted by atomic mass is 10.1. The number of nitrogens with two attached hydrogens (primary N) is 1. The van der Waals surface area contributed by atoms with Crippen molar-refractivity contribution in [3.63, 3.8) is 0 Å². The van der Waals surface area contributed by atoms with Gasteiger partial charge in [0.05, 0.1) is 0 Å². The summed E-state index contributed by atoms with van der Waals surface area (Å²) in [7, 11) is 0. The molecule has 0 aromatic carbocycles. The average molecular weight is 170 g/mol. The number of nitrogen functional groups attached to an aromatic ring is 1. The molecule has 3 N–H and O–H groups in total. The van der Waals surface area contributed by atoms with Crippen molar-refractivity contribution >= 4 is 12.0 Å². The Balaban J connectivity index is 2.52. The predicted octanol–water partition coefficient (Wildman–Crippen LogP) is 1.11. The molecule has 1 unspecified atom stereocenters. The second-order valence-corrected chi connectivity index (χ2v) is 3.12. The number of nitrogens with one attached hydrogen (secondary N) is 1. The Bertz CT molecular complexity index is 245. The quantitative estimate of drug-likeness (QED) is 0.710. The van der Waals surface area contributed by atoms with Gasteiger partial charge < -0.3 is 15.5 Å². The smallest absolute Gasteiger partial charge is 0.317 e. The largest absolute Gasteiger partial charge is 0.390 e. The maximum absolute atomic E-state index is 5.25. The van der Waals surface area contributed by atoms with Crippen molar-refractivity contribution in [3.05, 3.63) is 0 Å². The van der Waals surface area contributed by atoms with Crippen LogP contribution in [0.2, 0.25) is 0 Å². The Morgan fingerprint density at radius 3 is 2.42 bits per heavy atom. The lowest BCUT2D eigenvalue weighted by Gasteiger charge is -2.14. The first kappa shape index (κ1) is 8.83. The van der Waals surface area contributed by atoms with Crippen molar-refractivity contribution in [1.29, 1.82) is 0 Å². The highest BCUT2D eigenvalue weighted by Crippen LogP contribution is 2.11. The van der Waals surface area contributed by atoms with E-state index in [-0.39, 0.29) is 6.01 Å². The maximum Gasteiger partial charge on any atom is 0.317 e. The summed E-state index contributed by atoms with van der Waals surface area (Å²) >= 11 is 0. The molecule has 5 heteroatoms. The number of rotatable bonds is 3. The van der Waals surface area contributed by atoms with Crippen LogP contribution in [-0.4, -0.2) is 16.2 Å². The molecule has 68 valence electrons. The lowest BCUT2D eigenvalue weighted by molar-refractivity contribution is 0.520. The molecule has 0 radical (unpaired) electrons. The van der Waals surface area contributed by atoms with Gasteiger partial charge in [0.15, 0.2) is 0 Å². The molecule has 1 rings (SSSR count). The Morgan fingerprint density at radius 2 is 2.00 bits per heavy atom. The third-order valence-electron chi connectivity index (χ3n) is 1.79. The van der Waals surface area contributed by atoms with Crippen LogP contribution in [0.1, 0.15) is 20.8 Å². The highest BCUT2D eigenvalue weighted by atomic mass is 16.4. The molecule has 0 aliphatic rings. The number of anilines is 2. The zero-order chi connectivity index (χ0) is 9.14. The molecule has 0 bridgehead atoms. The van der Waals surface area contributed by atoms with Crippen LogP contribution in [-0.2, 0) is 0 Å². The molecule has 0 spiro atoms. The summed E-state index contributed by atoms with van der Waals surface area (Å²) in [6, 6.07) is 0.770. The average Bonchev–Trinajstić information content (AvgIpc) is 2.35. The van der Waals surface area contributed by atoms with E-state index in [1.54, 1.807) is 0 Å². The highest BCUT2D eigenvalue weighted by Gasteiger charge is 2.09. The molecule has 0 fully saturated rings. The van der Waals surface area contributed by atoms with Crippen LogP contribution in [0.25, 0.3) is 0 Å². The van der Waals surface area contributed by atoms with Crippen molar-refractivity contribution in [2.24, 2.45) is 5.92 Å². The third-order valence-corrected chi connectivity index (χ3v) is 1.79. The summed E-state index contributed by atoms with van der Waals surface area (Å²) in [5.41, 5.74) is 5.25. The molecule has 1 aromatic heterocycles. The minimum atomic E-state index is 0.0912. The molecule has 1 atom stereocenters. The Kier molecular flexibility index (Phi) is 2.52. The Labute approximate surface area is 71.3 Å². The van der Waals surface area contributed by atoms with Crippen LogP contribution in [0, 0.1) is 5.92 Å². The minimum Gasteiger partial charge on any atom is -0.390 e. The monoisotopic (exact) mass is 170 g/mol. The van der Waals surface area contributed by atoms with Crippen molar-refractivity contribution in [1.82, 2.24) is 10.2 Å². The molecule has 0 amide bonds. The zero-order valence-corrected chi connectivity index (χ0v) is 7.53. The first-order valence-corrected chi connectivity index (χ1v) is 3.95. The topological polar surface area (TPSA) is 77.0 Å². The molecular formula is C7H14N4O. The Hall–Kier alpha value is -1.26. The number of nitrogens with zero attached hydrogens (tertiary/aromatic N) is 2. The SMILES string of the molecule is CC(C)C(C)Nc1nnc(N)o1. The van der Waals surface area contributed by atoms with Crippen molar-refractivity contribution in [3.8, 4) is 0 Å². The summed E-state index contributed by atoms with van der Waals surface area (Å²) in [5, 5.41) is 10.3. The highest BCUT2D eigenvalue weighted by molar-refractivity contribution is 5.23. The molecule has 1 heterocycles. The van der Waals surface area contributed by atoms with E-state index in [4.69, 9.17) is 10.2 Å². The van der Waals surface area contributed by atoms with E-state index < -0.39 is 0 Å². The maximum atomic E-state index is 5.25. The van der Waals surface area contributed by atoms with E-state index >= 15 is 0 Å². The van der Waals surface area contributed by atoms with Crippen molar-refractivity contribution in [2.45, 2.75) is 26.8 Å². The van der Waals surface area contributed by atoms with Gasteiger partial charge in [-0.25, -0.2) is 0 Å². The van der Waals surface area contributed by atoms with E-state index in [1.165, 1.54) is 0 Å². The van der Waals surface area contributed by atoms with Gasteiger partial charge in [-0.2, -0.15) is 0 Å². The number of hydrogen-bond acceptors (Lipinski definition) is 5. The molecule has 12 heavy (non-hydrogen) atoms. The van der Waals surface area contributed by atoms with Crippen molar-refractivity contribution in [2.75, 3.05) is 11.1 Å². The van der Waals surface area contributed by atoms with Crippen LogP contribution in [0.5, 0.6) is 0 Å². The first-order valence-electron chi connectivity index (χ1n) is 3.95. The van der Waals surface area contributed by atoms with Gasteiger partial charge in [0, 0.05) is 6.04 Å². The van der Waals surface area contributed by atoms with Gasteiger partial charge in [-0.3, -0.25) is 0 Å². The molecule has 1 aromatic rings. The summed E-state index contributed by atoms with van der Waals surface area (Å²) in [5.74, 6) is 0.512. The molecule has 0 aliphatic heterocycles. The van der Waals surface area contributed by atoms with Crippen LogP contribution in [0.4, 0.5) is 12.0 Å². The molecule has 0 saturated carbocycles. The minimum absolute atomic E-state index is 0.0912. The van der Waals surface area contributed by atoms with E-state index in [9.17, 15) is 0 Å². The fraction of sp³-hybridized carbons (Fsp3) is 0.714. The summed E-state index contributed by atoms with van der Waals surface area (Å²) in [4.78, 5) is 0. The van der Waals surface area contributed by atoms with Crippen molar-refractivity contribution < 1.29 is 4.42 Å². The molecule has 5 nitrogen and oxygen atoms in total. The number of hydrogen-bond donors (Lipinski definition) is 2. The van der Waals surface area contributed by atoms with Crippen LogP contribution in [0.3, 0.4) is 0 Å². The second kappa shape index (κ2) is 3.42. The van der Waals surface area contributed by atoms with E-state index in [0.717, 1.165) is 0 Å². The molecule has 0 saturated heterocycles. The van der Waals surface area contributed by atoms with E-state index in [1.807, 2.05) is 6.92 Å². The summed E-state index contributed by atoms with van der Waals surface area (Å²) in [6.07, 6.45) is 0. The molecule has 0 aliphatic carbocycles. The lowest BCUT2D eigenvalue weighted by Crippen LogP contribution is -2.21. The summed E-state index contributed by atoms with van der Waals surface area (Å²) in [6.45, 7) is 6.26.